The van der Waals surface area contributed by atoms with Gasteiger partial charge in [-0.3, -0.25) is 20.4 Å². The second-order valence-electron chi connectivity index (χ2n) is 4.81. The van der Waals surface area contributed by atoms with Gasteiger partial charge < -0.3 is 18.6 Å². The van der Waals surface area contributed by atoms with Crippen molar-refractivity contribution in [2.24, 2.45) is 0 Å². The van der Waals surface area contributed by atoms with Gasteiger partial charge in [-0.2, -0.15) is 0 Å². The van der Waals surface area contributed by atoms with Crippen LogP contribution in [0.15, 0.2) is 47.1 Å². The predicted molar refractivity (Wildman–Crippen MR) is 88.4 cm³/mol. The summed E-state index contributed by atoms with van der Waals surface area (Å²) in [5, 5.41) is 0. The molecule has 2 rings (SSSR count). The largest absolute Gasteiger partial charge is 0.490 e. The Hall–Kier alpha value is -3.49. The van der Waals surface area contributed by atoms with Crippen LogP contribution >= 0.6 is 0 Å². The van der Waals surface area contributed by atoms with Gasteiger partial charge in [-0.05, 0) is 31.2 Å². The second-order valence-corrected chi connectivity index (χ2v) is 4.81. The average Bonchev–Trinajstić information content (AvgIpc) is 3.19. The number of benzene rings is 1. The van der Waals surface area contributed by atoms with Gasteiger partial charge in [0.05, 0.1) is 12.9 Å². The van der Waals surface area contributed by atoms with E-state index in [1.807, 2.05) is 6.92 Å². The van der Waals surface area contributed by atoms with Gasteiger partial charge in [0, 0.05) is 0 Å². The SMILES string of the molecule is CCOc1ccccc1OCC(=O)OCC(=O)NNC(=O)c1ccco1. The molecule has 1 aromatic heterocycles. The Balaban J connectivity index is 1.68. The molecular formula is C17H18N2O7. The van der Waals surface area contributed by atoms with Crippen LogP contribution in [0.25, 0.3) is 0 Å². The number of ether oxygens (including phenoxy) is 3. The van der Waals surface area contributed by atoms with E-state index in [0.29, 0.717) is 18.1 Å². The molecule has 0 radical (unpaired) electrons. The normalized spacial score (nSPS) is 9.88. The summed E-state index contributed by atoms with van der Waals surface area (Å²) in [6, 6.07) is 9.82. The maximum Gasteiger partial charge on any atom is 0.344 e. The molecule has 9 nitrogen and oxygen atoms in total. The first-order valence-corrected chi connectivity index (χ1v) is 7.73. The molecule has 2 N–H and O–H groups in total. The highest BCUT2D eigenvalue weighted by Crippen LogP contribution is 2.26. The van der Waals surface area contributed by atoms with Gasteiger partial charge in [-0.25, -0.2) is 4.79 Å². The van der Waals surface area contributed by atoms with E-state index in [4.69, 9.17) is 18.6 Å². The van der Waals surface area contributed by atoms with Crippen molar-refractivity contribution in [3.63, 3.8) is 0 Å². The number of carbonyl (C=O) groups excluding carboxylic acids is 3. The summed E-state index contributed by atoms with van der Waals surface area (Å²) in [4.78, 5) is 34.7. The summed E-state index contributed by atoms with van der Waals surface area (Å²) in [7, 11) is 0. The molecule has 0 saturated heterocycles. The van der Waals surface area contributed by atoms with E-state index in [0.717, 1.165) is 0 Å². The number of hydrazine groups is 1. The lowest BCUT2D eigenvalue weighted by atomic mass is 10.3. The summed E-state index contributed by atoms with van der Waals surface area (Å²) < 4.78 is 20.3. The molecule has 0 fully saturated rings. The highest BCUT2D eigenvalue weighted by atomic mass is 16.6. The Morgan fingerprint density at radius 1 is 0.962 bits per heavy atom. The molecule has 2 amide bonds. The van der Waals surface area contributed by atoms with Crippen molar-refractivity contribution < 1.29 is 33.0 Å². The van der Waals surface area contributed by atoms with Crippen LogP contribution < -0.4 is 20.3 Å². The molecule has 0 bridgehead atoms. The zero-order chi connectivity index (χ0) is 18.8. The number of para-hydroxylation sites is 2. The number of hydrogen-bond acceptors (Lipinski definition) is 7. The van der Waals surface area contributed by atoms with E-state index in [-0.39, 0.29) is 5.76 Å². The number of nitrogens with one attached hydrogen (secondary N) is 2. The zero-order valence-corrected chi connectivity index (χ0v) is 14.0. The molecule has 0 spiro atoms. The molecule has 1 heterocycles. The van der Waals surface area contributed by atoms with E-state index in [1.165, 1.54) is 18.4 Å². The lowest BCUT2D eigenvalue weighted by Crippen LogP contribution is -2.43. The van der Waals surface area contributed by atoms with Crippen LogP contribution in [0.4, 0.5) is 0 Å². The van der Waals surface area contributed by atoms with Gasteiger partial charge in [0.25, 0.3) is 5.91 Å². The molecule has 2 aromatic rings. The maximum absolute atomic E-state index is 11.6. The topological polar surface area (TPSA) is 116 Å². The third-order valence-corrected chi connectivity index (χ3v) is 2.92. The zero-order valence-electron chi connectivity index (χ0n) is 14.0. The van der Waals surface area contributed by atoms with E-state index >= 15 is 0 Å². The number of esters is 1. The number of rotatable bonds is 8. The van der Waals surface area contributed by atoms with Crippen LogP contribution in [0, 0.1) is 0 Å². The van der Waals surface area contributed by atoms with Crippen molar-refractivity contribution in [2.75, 3.05) is 19.8 Å². The van der Waals surface area contributed by atoms with Crippen molar-refractivity contribution in [1.82, 2.24) is 10.9 Å². The molecule has 9 heteroatoms. The Kier molecular flexibility index (Phi) is 7.04. The smallest absolute Gasteiger partial charge is 0.344 e. The minimum Gasteiger partial charge on any atom is -0.490 e. The monoisotopic (exact) mass is 362 g/mol. The van der Waals surface area contributed by atoms with Crippen molar-refractivity contribution in [3.8, 4) is 11.5 Å². The van der Waals surface area contributed by atoms with Crippen LogP contribution in [0.5, 0.6) is 11.5 Å². The standard InChI is InChI=1S/C17H18N2O7/c1-2-23-12-6-3-4-7-13(12)25-11-16(21)26-10-15(20)18-19-17(22)14-8-5-9-24-14/h3-9H,2,10-11H2,1H3,(H,18,20)(H,19,22). The lowest BCUT2D eigenvalue weighted by molar-refractivity contribution is -0.150. The van der Waals surface area contributed by atoms with Gasteiger partial charge in [-0.15, -0.1) is 0 Å². The summed E-state index contributed by atoms with van der Waals surface area (Å²) in [5.41, 5.74) is 4.21. The van der Waals surface area contributed by atoms with Gasteiger partial charge in [0.2, 0.25) is 0 Å². The molecule has 0 aliphatic heterocycles. The fourth-order valence-electron chi connectivity index (χ4n) is 1.80. The molecule has 138 valence electrons. The summed E-state index contributed by atoms with van der Waals surface area (Å²) in [6.07, 6.45) is 1.32. The van der Waals surface area contributed by atoms with Crippen LogP contribution in [0.1, 0.15) is 17.5 Å². The Morgan fingerprint density at radius 3 is 2.35 bits per heavy atom. The Bertz CT molecular complexity index is 743. The Morgan fingerprint density at radius 2 is 1.69 bits per heavy atom. The van der Waals surface area contributed by atoms with Crippen molar-refractivity contribution in [3.05, 3.63) is 48.4 Å². The number of furan rings is 1. The van der Waals surface area contributed by atoms with Gasteiger partial charge >= 0.3 is 11.9 Å². The molecule has 0 saturated carbocycles. The average molecular weight is 362 g/mol. The van der Waals surface area contributed by atoms with Crippen LogP contribution in [0.3, 0.4) is 0 Å². The molecule has 0 aliphatic rings. The number of amides is 2. The summed E-state index contributed by atoms with van der Waals surface area (Å²) in [6.45, 7) is 1.31. The minimum absolute atomic E-state index is 0.0312. The van der Waals surface area contributed by atoms with E-state index in [9.17, 15) is 14.4 Å². The summed E-state index contributed by atoms with van der Waals surface area (Å²) >= 11 is 0. The fourth-order valence-corrected chi connectivity index (χ4v) is 1.80. The first kappa shape index (κ1) is 18.8. The molecule has 26 heavy (non-hydrogen) atoms. The van der Waals surface area contributed by atoms with Crippen molar-refractivity contribution >= 4 is 17.8 Å². The third kappa shape index (κ3) is 5.86. The van der Waals surface area contributed by atoms with Crippen LogP contribution in [-0.2, 0) is 14.3 Å². The highest BCUT2D eigenvalue weighted by molar-refractivity contribution is 5.93. The third-order valence-electron chi connectivity index (χ3n) is 2.92. The Labute approximate surface area is 149 Å². The lowest BCUT2D eigenvalue weighted by Gasteiger charge is -2.11. The second kappa shape index (κ2) is 9.72. The quantitative estimate of drug-likeness (QED) is 0.533. The van der Waals surface area contributed by atoms with Crippen LogP contribution in [-0.4, -0.2) is 37.6 Å². The van der Waals surface area contributed by atoms with E-state index in [1.54, 1.807) is 24.3 Å². The van der Waals surface area contributed by atoms with Crippen molar-refractivity contribution in [2.45, 2.75) is 6.92 Å². The first-order valence-electron chi connectivity index (χ1n) is 7.73. The van der Waals surface area contributed by atoms with Gasteiger partial charge in [0.15, 0.2) is 30.5 Å². The van der Waals surface area contributed by atoms with E-state index in [2.05, 4.69) is 10.9 Å². The fraction of sp³-hybridized carbons (Fsp3) is 0.235. The predicted octanol–water partition coefficient (Wildman–Crippen LogP) is 1.06. The maximum atomic E-state index is 11.6. The van der Waals surface area contributed by atoms with E-state index < -0.39 is 31.0 Å². The molecule has 0 atom stereocenters. The first-order chi connectivity index (χ1) is 12.6. The molecule has 1 aromatic carbocycles. The highest BCUT2D eigenvalue weighted by Gasteiger charge is 2.12. The van der Waals surface area contributed by atoms with Gasteiger partial charge in [-0.1, -0.05) is 12.1 Å². The summed E-state index contributed by atoms with van der Waals surface area (Å²) in [5.74, 6) is -1.17. The number of hydrogen-bond donors (Lipinski definition) is 2. The molecular weight excluding hydrogens is 344 g/mol. The number of carbonyl (C=O) groups is 3. The van der Waals surface area contributed by atoms with Crippen molar-refractivity contribution in [1.29, 1.82) is 0 Å². The van der Waals surface area contributed by atoms with Gasteiger partial charge in [0.1, 0.15) is 0 Å². The molecule has 0 unspecified atom stereocenters. The van der Waals surface area contributed by atoms with Crippen LogP contribution in [0.2, 0.25) is 0 Å². The molecule has 0 aliphatic carbocycles. The minimum atomic E-state index is -0.746.